The van der Waals surface area contributed by atoms with E-state index < -0.39 is 0 Å². The number of rotatable bonds is 1. The molecule has 1 aliphatic heterocycles. The van der Waals surface area contributed by atoms with Gasteiger partial charge in [-0.2, -0.15) is 0 Å². The van der Waals surface area contributed by atoms with Crippen molar-refractivity contribution >= 4 is 50.8 Å². The molecule has 0 atom stereocenters. The normalized spacial score (nSPS) is 15.3. The smallest absolute Gasteiger partial charge is 0.256 e. The van der Waals surface area contributed by atoms with Gasteiger partial charge in [0.1, 0.15) is 5.75 Å². The van der Waals surface area contributed by atoms with Gasteiger partial charge in [-0.1, -0.05) is 27.5 Å². The molecule has 20 heavy (non-hydrogen) atoms. The molecule has 100 valence electrons. The van der Waals surface area contributed by atoms with Crippen molar-refractivity contribution in [1.29, 1.82) is 0 Å². The molecule has 0 bridgehead atoms. The molecule has 0 aliphatic carbocycles. The lowest BCUT2D eigenvalue weighted by atomic mass is 10.0. The summed E-state index contributed by atoms with van der Waals surface area (Å²) in [5.74, 6) is -0.0772. The monoisotopic (exact) mass is 349 g/mol. The zero-order valence-electron chi connectivity index (χ0n) is 10.2. The van der Waals surface area contributed by atoms with Crippen LogP contribution < -0.4 is 5.32 Å². The Morgan fingerprint density at radius 2 is 2.00 bits per heavy atom. The van der Waals surface area contributed by atoms with Crippen LogP contribution in [0.1, 0.15) is 11.1 Å². The predicted molar refractivity (Wildman–Crippen MR) is 83.8 cm³/mol. The van der Waals surface area contributed by atoms with Crippen LogP contribution in [0.25, 0.3) is 11.6 Å². The number of aromatic hydroxyl groups is 1. The first kappa shape index (κ1) is 13.2. The number of benzene rings is 2. The SMILES string of the molecule is O=C1Nc2ccc(Br)cc2/C1=C/c1cc(O)ccc1Cl. The van der Waals surface area contributed by atoms with Gasteiger partial charge in [0.2, 0.25) is 0 Å². The highest BCUT2D eigenvalue weighted by Gasteiger charge is 2.24. The first-order chi connectivity index (χ1) is 9.54. The van der Waals surface area contributed by atoms with E-state index in [1.165, 1.54) is 12.1 Å². The molecule has 0 unspecified atom stereocenters. The van der Waals surface area contributed by atoms with Crippen LogP contribution in [-0.4, -0.2) is 11.0 Å². The third kappa shape index (κ3) is 2.32. The summed E-state index contributed by atoms with van der Waals surface area (Å²) in [7, 11) is 0. The summed E-state index contributed by atoms with van der Waals surface area (Å²) >= 11 is 9.48. The van der Waals surface area contributed by atoms with Crippen LogP contribution in [-0.2, 0) is 4.79 Å². The van der Waals surface area contributed by atoms with Crippen molar-refractivity contribution in [3.8, 4) is 5.75 Å². The Bertz CT molecular complexity index is 756. The molecule has 5 heteroatoms. The molecule has 1 aliphatic rings. The molecule has 3 rings (SSSR count). The van der Waals surface area contributed by atoms with Gasteiger partial charge in [-0.25, -0.2) is 0 Å². The average molecular weight is 351 g/mol. The Hall–Kier alpha value is -1.78. The number of hydrogen-bond acceptors (Lipinski definition) is 2. The zero-order valence-corrected chi connectivity index (χ0v) is 12.5. The number of fused-ring (bicyclic) bond motifs is 1. The van der Waals surface area contributed by atoms with E-state index in [-0.39, 0.29) is 11.7 Å². The lowest BCUT2D eigenvalue weighted by Crippen LogP contribution is -2.03. The second-order valence-electron chi connectivity index (χ2n) is 4.41. The van der Waals surface area contributed by atoms with E-state index >= 15 is 0 Å². The van der Waals surface area contributed by atoms with Crippen LogP contribution in [0, 0.1) is 0 Å². The van der Waals surface area contributed by atoms with E-state index in [0.29, 0.717) is 16.2 Å². The van der Waals surface area contributed by atoms with E-state index in [4.69, 9.17) is 11.6 Å². The summed E-state index contributed by atoms with van der Waals surface area (Å²) in [6, 6.07) is 10.2. The van der Waals surface area contributed by atoms with E-state index in [2.05, 4.69) is 21.2 Å². The molecular formula is C15H9BrClNO2. The topological polar surface area (TPSA) is 49.3 Å². The summed E-state index contributed by atoms with van der Waals surface area (Å²) in [6.07, 6.45) is 1.68. The number of phenols is 1. The number of nitrogens with one attached hydrogen (secondary N) is 1. The minimum absolute atomic E-state index is 0.106. The van der Waals surface area contributed by atoms with Gasteiger partial charge in [0.15, 0.2) is 0 Å². The molecule has 3 nitrogen and oxygen atoms in total. The van der Waals surface area contributed by atoms with Gasteiger partial charge in [-0.15, -0.1) is 0 Å². The number of hydrogen-bond donors (Lipinski definition) is 2. The predicted octanol–water partition coefficient (Wildman–Crippen LogP) is 4.30. The van der Waals surface area contributed by atoms with E-state index in [1.54, 1.807) is 12.1 Å². The molecule has 1 amide bonds. The largest absolute Gasteiger partial charge is 0.508 e. The number of carbonyl (C=O) groups is 1. The van der Waals surface area contributed by atoms with Gasteiger partial charge >= 0.3 is 0 Å². The highest BCUT2D eigenvalue weighted by atomic mass is 79.9. The fourth-order valence-electron chi connectivity index (χ4n) is 2.10. The number of phenolic OH excluding ortho intramolecular Hbond substituents is 1. The molecule has 0 fully saturated rings. The highest BCUT2D eigenvalue weighted by molar-refractivity contribution is 9.10. The van der Waals surface area contributed by atoms with E-state index in [9.17, 15) is 9.90 Å². The van der Waals surface area contributed by atoms with Crippen LogP contribution >= 0.6 is 27.5 Å². The molecule has 0 saturated heterocycles. The zero-order chi connectivity index (χ0) is 14.3. The van der Waals surface area contributed by atoms with Crippen LogP contribution in [0.3, 0.4) is 0 Å². The molecule has 2 N–H and O–H groups in total. The maximum Gasteiger partial charge on any atom is 0.256 e. The van der Waals surface area contributed by atoms with Gasteiger partial charge in [0, 0.05) is 26.3 Å². The van der Waals surface area contributed by atoms with Crippen molar-refractivity contribution in [1.82, 2.24) is 0 Å². The minimum Gasteiger partial charge on any atom is -0.508 e. The average Bonchev–Trinajstić information content (AvgIpc) is 2.70. The third-order valence-corrected chi connectivity index (χ3v) is 3.88. The van der Waals surface area contributed by atoms with Gasteiger partial charge in [0.05, 0.1) is 0 Å². The van der Waals surface area contributed by atoms with Gasteiger partial charge in [-0.05, 0) is 48.0 Å². The van der Waals surface area contributed by atoms with Crippen LogP contribution in [0.15, 0.2) is 40.9 Å². The number of halogens is 2. The molecule has 1 heterocycles. The molecule has 0 aromatic heterocycles. The van der Waals surface area contributed by atoms with Crippen molar-refractivity contribution < 1.29 is 9.90 Å². The summed E-state index contributed by atoms with van der Waals surface area (Å²) in [5.41, 5.74) is 2.70. The fraction of sp³-hybridized carbons (Fsp3) is 0. The van der Waals surface area contributed by atoms with Crippen LogP contribution in [0.5, 0.6) is 5.75 Å². The maximum absolute atomic E-state index is 12.0. The first-order valence-corrected chi connectivity index (χ1v) is 7.03. The van der Waals surface area contributed by atoms with Crippen molar-refractivity contribution in [2.75, 3.05) is 5.32 Å². The van der Waals surface area contributed by atoms with Gasteiger partial charge < -0.3 is 10.4 Å². The maximum atomic E-state index is 12.0. The first-order valence-electron chi connectivity index (χ1n) is 5.86. The minimum atomic E-state index is -0.183. The van der Waals surface area contributed by atoms with Crippen molar-refractivity contribution in [3.05, 3.63) is 57.0 Å². The molecule has 2 aromatic carbocycles. The summed E-state index contributed by atoms with van der Waals surface area (Å²) in [6.45, 7) is 0. The quantitative estimate of drug-likeness (QED) is 0.753. The van der Waals surface area contributed by atoms with Crippen molar-refractivity contribution in [2.45, 2.75) is 0 Å². The number of amides is 1. The summed E-state index contributed by atoms with van der Waals surface area (Å²) in [5, 5.41) is 12.8. The Kier molecular flexibility index (Phi) is 3.28. The van der Waals surface area contributed by atoms with Crippen LogP contribution in [0.4, 0.5) is 5.69 Å². The standard InChI is InChI=1S/C15H9BrClNO2/c16-9-1-4-14-11(7-9)12(15(20)18-14)6-8-5-10(19)2-3-13(8)17/h1-7,19H,(H,18,20)/b12-6-. The summed E-state index contributed by atoms with van der Waals surface area (Å²) in [4.78, 5) is 12.0. The second-order valence-corrected chi connectivity index (χ2v) is 5.73. The number of anilines is 1. The van der Waals surface area contributed by atoms with E-state index in [0.717, 1.165) is 15.7 Å². The van der Waals surface area contributed by atoms with E-state index in [1.807, 2.05) is 18.2 Å². The fourth-order valence-corrected chi connectivity index (χ4v) is 2.63. The molecule has 0 saturated carbocycles. The molecule has 2 aromatic rings. The Morgan fingerprint density at radius 1 is 1.20 bits per heavy atom. The van der Waals surface area contributed by atoms with Crippen molar-refractivity contribution in [3.63, 3.8) is 0 Å². The highest BCUT2D eigenvalue weighted by Crippen LogP contribution is 2.36. The Morgan fingerprint density at radius 3 is 2.80 bits per heavy atom. The molecule has 0 radical (unpaired) electrons. The molecular weight excluding hydrogens is 342 g/mol. The Balaban J connectivity index is 2.15. The van der Waals surface area contributed by atoms with Crippen molar-refractivity contribution in [2.24, 2.45) is 0 Å². The summed E-state index contributed by atoms with van der Waals surface area (Å²) < 4.78 is 0.889. The Labute approximate surface area is 129 Å². The lowest BCUT2D eigenvalue weighted by Gasteiger charge is -2.02. The third-order valence-electron chi connectivity index (χ3n) is 3.04. The van der Waals surface area contributed by atoms with Crippen LogP contribution in [0.2, 0.25) is 5.02 Å². The van der Waals surface area contributed by atoms with Gasteiger partial charge in [0.25, 0.3) is 5.91 Å². The van der Waals surface area contributed by atoms with Gasteiger partial charge in [-0.3, -0.25) is 4.79 Å². The second kappa shape index (κ2) is 4.96. The number of carbonyl (C=O) groups excluding carboxylic acids is 1. The molecule has 0 spiro atoms. The lowest BCUT2D eigenvalue weighted by molar-refractivity contribution is -0.110.